The van der Waals surface area contributed by atoms with Crippen LogP contribution in [0.15, 0.2) is 0 Å². The summed E-state index contributed by atoms with van der Waals surface area (Å²) in [5.74, 6) is 0. The van der Waals surface area contributed by atoms with Crippen LogP contribution in [-0.4, -0.2) is 29.4 Å². The van der Waals surface area contributed by atoms with E-state index < -0.39 is 11.2 Å². The molecular formula is C6H6F3N3OS. The molecular weight excluding hydrogens is 219 g/mol. The van der Waals surface area contributed by atoms with Crippen molar-refractivity contribution in [3.05, 3.63) is 5.01 Å². The summed E-state index contributed by atoms with van der Waals surface area (Å²) in [5.41, 5.74) is 0. The van der Waals surface area contributed by atoms with Gasteiger partial charge in [0.2, 0.25) is 5.01 Å². The van der Waals surface area contributed by atoms with Gasteiger partial charge in [-0.15, -0.1) is 5.10 Å². The first-order valence-corrected chi connectivity index (χ1v) is 4.65. The van der Waals surface area contributed by atoms with E-state index in [1.807, 2.05) is 0 Å². The van der Waals surface area contributed by atoms with Crippen LogP contribution >= 0.6 is 11.3 Å². The summed E-state index contributed by atoms with van der Waals surface area (Å²) in [7, 11) is 0. The molecule has 0 radical (unpaired) electrons. The lowest BCUT2D eigenvalue weighted by Crippen LogP contribution is -2.50. The zero-order valence-corrected chi connectivity index (χ0v) is 7.65. The van der Waals surface area contributed by atoms with Crippen molar-refractivity contribution in [2.75, 3.05) is 13.1 Å². The van der Waals surface area contributed by atoms with Gasteiger partial charge in [-0.05, 0) is 0 Å². The van der Waals surface area contributed by atoms with Crippen molar-refractivity contribution in [2.45, 2.75) is 12.3 Å². The van der Waals surface area contributed by atoms with Gasteiger partial charge in [0.15, 0.2) is 0 Å². The Balaban J connectivity index is 2.02. The number of hydrogen-bond donors (Lipinski definition) is 1. The Morgan fingerprint density at radius 1 is 1.36 bits per heavy atom. The van der Waals surface area contributed by atoms with E-state index in [1.165, 1.54) is 0 Å². The fraction of sp³-hybridized carbons (Fsp3) is 0.667. The predicted octanol–water partition coefficient (Wildman–Crippen LogP) is 0.907. The van der Waals surface area contributed by atoms with E-state index >= 15 is 0 Å². The maximum Gasteiger partial charge on any atom is 0.445 e. The normalized spacial score (nSPS) is 17.9. The lowest BCUT2D eigenvalue weighted by molar-refractivity contribution is -0.138. The molecule has 0 aromatic carbocycles. The first kappa shape index (κ1) is 9.66. The van der Waals surface area contributed by atoms with Gasteiger partial charge in [-0.2, -0.15) is 13.2 Å². The average molecular weight is 225 g/mol. The lowest BCUT2D eigenvalue weighted by atomic mass is 10.2. The smallest absolute Gasteiger partial charge is 0.445 e. The van der Waals surface area contributed by atoms with Crippen molar-refractivity contribution in [1.29, 1.82) is 0 Å². The Labute approximate surface area is 81.1 Å². The molecule has 0 saturated carbocycles. The molecule has 1 aromatic heterocycles. The summed E-state index contributed by atoms with van der Waals surface area (Å²) < 4.78 is 41.3. The maximum atomic E-state index is 12.1. The second-order valence-corrected chi connectivity index (χ2v) is 3.71. The van der Waals surface area contributed by atoms with E-state index in [0.29, 0.717) is 24.4 Å². The van der Waals surface area contributed by atoms with Gasteiger partial charge < -0.3 is 10.1 Å². The topological polar surface area (TPSA) is 47.0 Å². The maximum absolute atomic E-state index is 12.1. The first-order valence-electron chi connectivity index (χ1n) is 3.84. The van der Waals surface area contributed by atoms with Crippen LogP contribution in [0.1, 0.15) is 5.01 Å². The molecule has 78 valence electrons. The summed E-state index contributed by atoms with van der Waals surface area (Å²) in [4.78, 5) is 0. The predicted molar refractivity (Wildman–Crippen MR) is 42.2 cm³/mol. The van der Waals surface area contributed by atoms with Crippen LogP contribution in [0.2, 0.25) is 0 Å². The van der Waals surface area contributed by atoms with Crippen LogP contribution in [0, 0.1) is 0 Å². The third-order valence-electron chi connectivity index (χ3n) is 1.66. The van der Waals surface area contributed by atoms with Crippen LogP contribution < -0.4 is 10.1 Å². The zero-order valence-electron chi connectivity index (χ0n) is 6.84. The minimum atomic E-state index is -4.43. The number of ether oxygens (including phenoxy) is 1. The number of hydrogen-bond acceptors (Lipinski definition) is 5. The highest BCUT2D eigenvalue weighted by Crippen LogP contribution is 2.34. The van der Waals surface area contributed by atoms with E-state index in [9.17, 15) is 13.2 Å². The summed E-state index contributed by atoms with van der Waals surface area (Å²) >= 11 is 0.420. The number of aromatic nitrogens is 2. The van der Waals surface area contributed by atoms with Gasteiger partial charge in [0.05, 0.1) is 0 Å². The van der Waals surface area contributed by atoms with Crippen LogP contribution in [0.25, 0.3) is 0 Å². The molecule has 1 aromatic rings. The molecule has 1 aliphatic rings. The number of rotatable bonds is 2. The van der Waals surface area contributed by atoms with E-state index in [1.54, 1.807) is 0 Å². The van der Waals surface area contributed by atoms with Crippen molar-refractivity contribution >= 4 is 11.3 Å². The third-order valence-corrected chi connectivity index (χ3v) is 2.52. The van der Waals surface area contributed by atoms with Gasteiger partial charge in [-0.3, -0.25) is 0 Å². The number of alkyl halides is 3. The molecule has 8 heteroatoms. The van der Waals surface area contributed by atoms with Gasteiger partial charge >= 0.3 is 6.18 Å². The Morgan fingerprint density at radius 2 is 2.07 bits per heavy atom. The molecule has 0 amide bonds. The van der Waals surface area contributed by atoms with E-state index in [2.05, 4.69) is 15.5 Å². The molecule has 2 rings (SSSR count). The molecule has 0 bridgehead atoms. The Kier molecular flexibility index (Phi) is 2.31. The second kappa shape index (κ2) is 3.35. The van der Waals surface area contributed by atoms with Crippen LogP contribution in [0.3, 0.4) is 0 Å². The Hall–Kier alpha value is -0.890. The van der Waals surface area contributed by atoms with Crippen molar-refractivity contribution in [3.63, 3.8) is 0 Å². The molecule has 0 unspecified atom stereocenters. The fourth-order valence-corrected chi connectivity index (χ4v) is 1.49. The minimum Gasteiger partial charge on any atom is -0.463 e. The SMILES string of the molecule is FC(F)(F)c1nnc(OC2CNC2)s1. The summed E-state index contributed by atoms with van der Waals surface area (Å²) in [6.45, 7) is 1.28. The zero-order chi connectivity index (χ0) is 10.2. The third kappa shape index (κ3) is 1.95. The van der Waals surface area contributed by atoms with Gasteiger partial charge in [-0.25, -0.2) is 0 Å². The van der Waals surface area contributed by atoms with Crippen LogP contribution in [0.4, 0.5) is 13.2 Å². The van der Waals surface area contributed by atoms with E-state index in [4.69, 9.17) is 4.74 Å². The monoisotopic (exact) mass is 225 g/mol. The quantitative estimate of drug-likeness (QED) is 0.812. The summed E-state index contributed by atoms with van der Waals surface area (Å²) in [6.07, 6.45) is -4.51. The van der Waals surface area contributed by atoms with E-state index in [-0.39, 0.29) is 11.3 Å². The highest BCUT2D eigenvalue weighted by molar-refractivity contribution is 7.13. The molecule has 1 N–H and O–H groups in total. The Bertz CT molecular complexity index is 322. The van der Waals surface area contributed by atoms with Gasteiger partial charge in [0.1, 0.15) is 6.10 Å². The number of nitrogens with zero attached hydrogens (tertiary/aromatic N) is 2. The molecule has 0 atom stereocenters. The molecule has 14 heavy (non-hydrogen) atoms. The molecule has 2 heterocycles. The van der Waals surface area contributed by atoms with Crippen molar-refractivity contribution in [3.8, 4) is 5.19 Å². The lowest BCUT2D eigenvalue weighted by Gasteiger charge is -2.25. The highest BCUT2D eigenvalue weighted by atomic mass is 32.1. The first-order chi connectivity index (χ1) is 6.55. The molecule has 4 nitrogen and oxygen atoms in total. The summed E-state index contributed by atoms with van der Waals surface area (Å²) in [6, 6.07) is 0. The van der Waals surface area contributed by atoms with Crippen molar-refractivity contribution < 1.29 is 17.9 Å². The number of halogens is 3. The minimum absolute atomic E-state index is 0.0242. The number of nitrogens with one attached hydrogen (secondary N) is 1. The fourth-order valence-electron chi connectivity index (χ4n) is 0.860. The highest BCUT2D eigenvalue weighted by Gasteiger charge is 2.36. The molecule has 1 aliphatic heterocycles. The van der Waals surface area contributed by atoms with E-state index in [0.717, 1.165) is 0 Å². The molecule has 1 saturated heterocycles. The standard InChI is InChI=1S/C6H6F3N3OS/c7-6(8,9)4-11-12-5(14-4)13-3-1-10-2-3/h3,10H,1-2H2. The average Bonchev–Trinajstić information content (AvgIpc) is 2.43. The second-order valence-electron chi connectivity index (χ2n) is 2.77. The summed E-state index contributed by atoms with van der Waals surface area (Å²) in [5, 5.41) is 8.23. The van der Waals surface area contributed by atoms with Crippen LogP contribution in [0.5, 0.6) is 5.19 Å². The molecule has 1 fully saturated rings. The van der Waals surface area contributed by atoms with Crippen LogP contribution in [-0.2, 0) is 6.18 Å². The van der Waals surface area contributed by atoms with Gasteiger partial charge in [0.25, 0.3) is 5.19 Å². The van der Waals surface area contributed by atoms with Gasteiger partial charge in [0, 0.05) is 13.1 Å². The van der Waals surface area contributed by atoms with Crippen molar-refractivity contribution in [1.82, 2.24) is 15.5 Å². The molecule has 0 aliphatic carbocycles. The Morgan fingerprint density at radius 3 is 2.50 bits per heavy atom. The molecule has 0 spiro atoms. The largest absolute Gasteiger partial charge is 0.463 e. The van der Waals surface area contributed by atoms with Crippen molar-refractivity contribution in [2.24, 2.45) is 0 Å². The van der Waals surface area contributed by atoms with Gasteiger partial charge in [-0.1, -0.05) is 16.4 Å².